The summed E-state index contributed by atoms with van der Waals surface area (Å²) in [5.41, 5.74) is 4.75. The van der Waals surface area contributed by atoms with Crippen LogP contribution >= 0.6 is 0 Å². The summed E-state index contributed by atoms with van der Waals surface area (Å²) in [7, 11) is 0. The monoisotopic (exact) mass is 265 g/mol. The third kappa shape index (κ3) is 2.44. The Bertz CT molecular complexity index is 724. The van der Waals surface area contributed by atoms with Crippen molar-refractivity contribution in [3.05, 3.63) is 59.5 Å². The highest BCUT2D eigenvalue weighted by molar-refractivity contribution is 5.79. The lowest BCUT2D eigenvalue weighted by Gasteiger charge is -2.07. The van der Waals surface area contributed by atoms with Crippen LogP contribution in [0.15, 0.2) is 42.7 Å². The minimum absolute atomic E-state index is 0.545. The van der Waals surface area contributed by atoms with E-state index in [0.717, 1.165) is 12.2 Å². The van der Waals surface area contributed by atoms with Gasteiger partial charge in [-0.15, -0.1) is 0 Å². The molecule has 2 aromatic heterocycles. The lowest BCUT2D eigenvalue weighted by atomic mass is 10.0. The molecule has 20 heavy (non-hydrogen) atoms. The standard InChI is InChI=1S/C17H19N3/c1-12(2)15-6-7-17-16(8-15)10-19-20(17)11-14-5-4-13(3)18-9-14/h4-10,12H,11H2,1-3H3. The fourth-order valence-electron chi connectivity index (χ4n) is 2.36. The van der Waals surface area contributed by atoms with Crippen LogP contribution in [-0.2, 0) is 6.54 Å². The number of aryl methyl sites for hydroxylation is 1. The molecule has 0 fully saturated rings. The van der Waals surface area contributed by atoms with Gasteiger partial charge in [0.05, 0.1) is 18.3 Å². The molecule has 3 rings (SSSR count). The smallest absolute Gasteiger partial charge is 0.0686 e. The highest BCUT2D eigenvalue weighted by Crippen LogP contribution is 2.21. The fourth-order valence-corrected chi connectivity index (χ4v) is 2.36. The molecule has 0 saturated carbocycles. The summed E-state index contributed by atoms with van der Waals surface area (Å²) in [5.74, 6) is 0.545. The molecule has 0 radical (unpaired) electrons. The van der Waals surface area contributed by atoms with E-state index in [1.165, 1.54) is 22.0 Å². The average Bonchev–Trinajstić information content (AvgIpc) is 2.84. The zero-order chi connectivity index (χ0) is 14.1. The summed E-state index contributed by atoms with van der Waals surface area (Å²) in [6.07, 6.45) is 3.87. The van der Waals surface area contributed by atoms with Crippen LogP contribution in [0.4, 0.5) is 0 Å². The van der Waals surface area contributed by atoms with Gasteiger partial charge in [0, 0.05) is 17.3 Å². The third-order valence-corrected chi connectivity index (χ3v) is 3.64. The van der Waals surface area contributed by atoms with Gasteiger partial charge >= 0.3 is 0 Å². The predicted molar refractivity (Wildman–Crippen MR) is 81.9 cm³/mol. The third-order valence-electron chi connectivity index (χ3n) is 3.64. The van der Waals surface area contributed by atoms with Crippen LogP contribution < -0.4 is 0 Å². The van der Waals surface area contributed by atoms with Crippen LogP contribution in [0.1, 0.15) is 36.6 Å². The van der Waals surface area contributed by atoms with Crippen molar-refractivity contribution in [3.63, 3.8) is 0 Å². The average molecular weight is 265 g/mol. The minimum Gasteiger partial charge on any atom is -0.261 e. The van der Waals surface area contributed by atoms with Crippen molar-refractivity contribution >= 4 is 10.9 Å². The van der Waals surface area contributed by atoms with Gasteiger partial charge in [-0.1, -0.05) is 26.0 Å². The molecule has 3 aromatic rings. The number of benzene rings is 1. The van der Waals surface area contributed by atoms with E-state index in [1.807, 2.05) is 30.1 Å². The van der Waals surface area contributed by atoms with Gasteiger partial charge in [-0.2, -0.15) is 5.10 Å². The SMILES string of the molecule is Cc1ccc(Cn2ncc3cc(C(C)C)ccc32)cn1. The summed E-state index contributed by atoms with van der Waals surface area (Å²) in [6.45, 7) is 7.19. The molecule has 0 aliphatic rings. The van der Waals surface area contributed by atoms with Crippen molar-refractivity contribution in [2.45, 2.75) is 33.2 Å². The Morgan fingerprint density at radius 1 is 1.10 bits per heavy atom. The molecule has 0 bridgehead atoms. The molecule has 1 aromatic carbocycles. The molecule has 0 atom stereocenters. The molecular weight excluding hydrogens is 246 g/mol. The van der Waals surface area contributed by atoms with Crippen LogP contribution in [0.25, 0.3) is 10.9 Å². The molecule has 0 saturated heterocycles. The summed E-state index contributed by atoms with van der Waals surface area (Å²) in [4.78, 5) is 4.34. The van der Waals surface area contributed by atoms with Crippen molar-refractivity contribution in [3.8, 4) is 0 Å². The number of hydrogen-bond acceptors (Lipinski definition) is 2. The second-order valence-electron chi connectivity index (χ2n) is 5.58. The van der Waals surface area contributed by atoms with Crippen molar-refractivity contribution in [2.75, 3.05) is 0 Å². The normalized spacial score (nSPS) is 11.4. The molecular formula is C17H19N3. The summed E-state index contributed by atoms with van der Waals surface area (Å²) in [5, 5.41) is 5.71. The highest BCUT2D eigenvalue weighted by Gasteiger charge is 2.06. The van der Waals surface area contributed by atoms with Gasteiger partial charge in [0.25, 0.3) is 0 Å². The van der Waals surface area contributed by atoms with Gasteiger partial charge in [0.2, 0.25) is 0 Å². The number of hydrogen-bond donors (Lipinski definition) is 0. The second kappa shape index (κ2) is 5.08. The van der Waals surface area contributed by atoms with Crippen LogP contribution in [-0.4, -0.2) is 14.8 Å². The molecule has 0 aliphatic heterocycles. The number of fused-ring (bicyclic) bond motifs is 1. The molecule has 0 aliphatic carbocycles. The quantitative estimate of drug-likeness (QED) is 0.718. The molecule has 2 heterocycles. The zero-order valence-electron chi connectivity index (χ0n) is 12.2. The van der Waals surface area contributed by atoms with E-state index in [0.29, 0.717) is 5.92 Å². The Kier molecular flexibility index (Phi) is 3.26. The highest BCUT2D eigenvalue weighted by atomic mass is 15.3. The van der Waals surface area contributed by atoms with Gasteiger partial charge in [-0.3, -0.25) is 9.67 Å². The van der Waals surface area contributed by atoms with Gasteiger partial charge in [0.15, 0.2) is 0 Å². The molecule has 3 heteroatoms. The lowest BCUT2D eigenvalue weighted by Crippen LogP contribution is -2.02. The van der Waals surface area contributed by atoms with Crippen molar-refractivity contribution < 1.29 is 0 Å². The summed E-state index contributed by atoms with van der Waals surface area (Å²) < 4.78 is 2.03. The van der Waals surface area contributed by atoms with Crippen LogP contribution in [0, 0.1) is 6.92 Å². The van der Waals surface area contributed by atoms with Crippen LogP contribution in [0.3, 0.4) is 0 Å². The number of aromatic nitrogens is 3. The maximum atomic E-state index is 4.50. The zero-order valence-corrected chi connectivity index (χ0v) is 12.2. The van der Waals surface area contributed by atoms with E-state index in [4.69, 9.17) is 0 Å². The molecule has 0 unspecified atom stereocenters. The Morgan fingerprint density at radius 2 is 1.95 bits per heavy atom. The van der Waals surface area contributed by atoms with E-state index in [1.54, 1.807) is 0 Å². The van der Waals surface area contributed by atoms with Crippen molar-refractivity contribution in [1.29, 1.82) is 0 Å². The number of pyridine rings is 1. The Balaban J connectivity index is 1.94. The van der Waals surface area contributed by atoms with Gasteiger partial charge in [-0.25, -0.2) is 0 Å². The van der Waals surface area contributed by atoms with E-state index in [9.17, 15) is 0 Å². The van der Waals surface area contributed by atoms with E-state index >= 15 is 0 Å². The lowest BCUT2D eigenvalue weighted by molar-refractivity contribution is 0.709. The Morgan fingerprint density at radius 3 is 2.65 bits per heavy atom. The summed E-state index contributed by atoms with van der Waals surface area (Å²) >= 11 is 0. The largest absolute Gasteiger partial charge is 0.261 e. The number of nitrogens with zero attached hydrogens (tertiary/aromatic N) is 3. The molecule has 0 amide bonds. The molecule has 0 spiro atoms. The minimum atomic E-state index is 0.545. The van der Waals surface area contributed by atoms with E-state index in [-0.39, 0.29) is 0 Å². The van der Waals surface area contributed by atoms with Gasteiger partial charge in [0.1, 0.15) is 0 Å². The molecule has 0 N–H and O–H groups in total. The first-order chi connectivity index (χ1) is 9.63. The Labute approximate surface area is 119 Å². The van der Waals surface area contributed by atoms with E-state index < -0.39 is 0 Å². The van der Waals surface area contributed by atoms with E-state index in [2.05, 4.69) is 48.2 Å². The first kappa shape index (κ1) is 12.9. The molecule has 3 nitrogen and oxygen atoms in total. The first-order valence-electron chi connectivity index (χ1n) is 7.00. The van der Waals surface area contributed by atoms with Crippen molar-refractivity contribution in [2.24, 2.45) is 0 Å². The maximum absolute atomic E-state index is 4.50. The maximum Gasteiger partial charge on any atom is 0.0686 e. The number of rotatable bonds is 3. The van der Waals surface area contributed by atoms with Gasteiger partial charge < -0.3 is 0 Å². The Hall–Kier alpha value is -2.16. The second-order valence-corrected chi connectivity index (χ2v) is 5.58. The molecule has 102 valence electrons. The fraction of sp³-hybridized carbons (Fsp3) is 0.294. The van der Waals surface area contributed by atoms with Crippen LogP contribution in [0.2, 0.25) is 0 Å². The van der Waals surface area contributed by atoms with Crippen molar-refractivity contribution in [1.82, 2.24) is 14.8 Å². The predicted octanol–water partition coefficient (Wildman–Crippen LogP) is 3.91. The van der Waals surface area contributed by atoms with Gasteiger partial charge in [-0.05, 0) is 42.2 Å². The first-order valence-corrected chi connectivity index (χ1v) is 7.00. The van der Waals surface area contributed by atoms with Crippen LogP contribution in [0.5, 0.6) is 0 Å². The summed E-state index contributed by atoms with van der Waals surface area (Å²) in [6, 6.07) is 10.7. The topological polar surface area (TPSA) is 30.7 Å².